The van der Waals surface area contributed by atoms with Crippen molar-refractivity contribution in [2.75, 3.05) is 33.1 Å². The van der Waals surface area contributed by atoms with Crippen molar-refractivity contribution in [2.45, 2.75) is 77.8 Å². The summed E-state index contributed by atoms with van der Waals surface area (Å²) in [5.41, 5.74) is 4.12. The van der Waals surface area contributed by atoms with Gasteiger partial charge in [0.05, 0.1) is 22.9 Å². The van der Waals surface area contributed by atoms with Crippen LogP contribution in [0.5, 0.6) is 0 Å². The number of nitrogens with one attached hydrogen (secondary N) is 1. The van der Waals surface area contributed by atoms with Crippen LogP contribution in [0.3, 0.4) is 0 Å². The Morgan fingerprint density at radius 2 is 1.79 bits per heavy atom. The molecular weight excluding hydrogens is 825 g/mol. The second-order valence-electron chi connectivity index (χ2n) is 17.4. The third-order valence-electron chi connectivity index (χ3n) is 13.1. The van der Waals surface area contributed by atoms with Crippen LogP contribution in [-0.2, 0) is 21.3 Å². The fourth-order valence-electron chi connectivity index (χ4n) is 9.74. The summed E-state index contributed by atoms with van der Waals surface area (Å²) in [5, 5.41) is 10.1. The zero-order valence-corrected chi connectivity index (χ0v) is 37.4. The Kier molecular flexibility index (Phi) is 10.4. The van der Waals surface area contributed by atoms with Gasteiger partial charge in [0.1, 0.15) is 35.8 Å². The van der Waals surface area contributed by atoms with Gasteiger partial charge < -0.3 is 18.8 Å². The molecule has 4 aromatic heterocycles. The van der Waals surface area contributed by atoms with E-state index in [1.807, 2.05) is 17.6 Å². The molecule has 3 unspecified atom stereocenters. The zero-order chi connectivity index (χ0) is 44.7. The van der Waals surface area contributed by atoms with E-state index in [0.29, 0.717) is 89.4 Å². The quantitative estimate of drug-likeness (QED) is 0.0882. The van der Waals surface area contributed by atoms with Gasteiger partial charge in [0.15, 0.2) is 5.82 Å². The number of aryl methyl sites for hydroxylation is 2. The van der Waals surface area contributed by atoms with E-state index >= 15 is 9.18 Å². The van der Waals surface area contributed by atoms with Crippen LogP contribution in [0.25, 0.3) is 22.4 Å². The number of benzene rings is 2. The first-order chi connectivity index (χ1) is 30.1. The summed E-state index contributed by atoms with van der Waals surface area (Å²) in [7, 11) is -2.81. The minimum atomic E-state index is -2.81. The lowest BCUT2D eigenvalue weighted by Crippen LogP contribution is -2.41. The van der Waals surface area contributed by atoms with E-state index in [4.69, 9.17) is 14.4 Å². The van der Waals surface area contributed by atoms with Crippen molar-refractivity contribution in [3.8, 4) is 11.5 Å². The van der Waals surface area contributed by atoms with Gasteiger partial charge >= 0.3 is 11.4 Å². The average Bonchev–Trinajstić information content (AvgIpc) is 3.75. The fraction of sp³-hybridized carbons (Fsp3) is 0.391. The zero-order valence-electron chi connectivity index (χ0n) is 36.5. The molecule has 17 heteroatoms. The monoisotopic (exact) mass is 875 g/mol. The number of carbonyl (C=O) groups is 1. The van der Waals surface area contributed by atoms with Crippen LogP contribution < -0.4 is 11.4 Å². The van der Waals surface area contributed by atoms with Gasteiger partial charge in [0.2, 0.25) is 0 Å². The Morgan fingerprint density at radius 3 is 2.41 bits per heavy atom. The van der Waals surface area contributed by atoms with Crippen molar-refractivity contribution in [3.05, 3.63) is 139 Å². The van der Waals surface area contributed by atoms with E-state index in [2.05, 4.69) is 46.8 Å². The Balaban J connectivity index is 1.20. The van der Waals surface area contributed by atoms with E-state index in [1.165, 1.54) is 20.8 Å². The molecule has 1 amide bonds. The van der Waals surface area contributed by atoms with Gasteiger partial charge in [-0.25, -0.2) is 23.7 Å². The summed E-state index contributed by atoms with van der Waals surface area (Å²) < 4.78 is 45.3. The van der Waals surface area contributed by atoms with E-state index < -0.39 is 30.2 Å². The molecule has 0 bridgehead atoms. The number of fused-ring (bicyclic) bond motifs is 2. The highest BCUT2D eigenvalue weighted by molar-refractivity contribution is 7.66. The van der Waals surface area contributed by atoms with Gasteiger partial charge in [-0.15, -0.1) is 0 Å². The maximum Gasteiger partial charge on any atom is 0.438 e. The maximum atomic E-state index is 15.5. The number of carbonyl (C=O) groups excluding carboxylic acids is 1. The molecule has 1 saturated carbocycles. The molecule has 3 atom stereocenters. The van der Waals surface area contributed by atoms with Crippen LogP contribution in [-0.4, -0.2) is 83.4 Å². The number of hydrogen-bond donors (Lipinski definition) is 1. The molecule has 9 rings (SSSR count). The van der Waals surface area contributed by atoms with Gasteiger partial charge in [0, 0.05) is 55.0 Å². The Bertz CT molecular complexity index is 3050. The van der Waals surface area contributed by atoms with Gasteiger partial charge in [-0.1, -0.05) is 30.8 Å². The number of aliphatic imine (C=N–C) groups is 1. The lowest BCUT2D eigenvalue weighted by molar-refractivity contribution is 0.0663. The molecule has 3 aliphatic rings. The Hall–Kier alpha value is -6.12. The van der Waals surface area contributed by atoms with Crippen molar-refractivity contribution in [3.63, 3.8) is 0 Å². The molecule has 1 aliphatic carbocycles. The number of halogens is 1. The number of rotatable bonds is 9. The van der Waals surface area contributed by atoms with Gasteiger partial charge in [-0.2, -0.15) is 5.10 Å². The van der Waals surface area contributed by atoms with Gasteiger partial charge in [-0.05, 0) is 125 Å². The molecule has 1 N–H and O–H groups in total. The fourth-order valence-corrected chi connectivity index (χ4v) is 10.7. The SMILES string of the molecule is C=CC(=N/C(=C\C)P(C)(C)=O)n1ccn(-c2c3c(nn2-c2cc(C)c(F)c(C)c2)CCN(C(=O)c2cc4cc(C5CCOCC5)ccc4n2C2(c4noc(=O)[nH]4)CC2C)C3C)c1=O. The number of amides is 1. The second kappa shape index (κ2) is 15.6. The smallest absolute Gasteiger partial charge is 0.381 e. The molecule has 0 radical (unpaired) electrons. The van der Waals surface area contributed by atoms with Crippen LogP contribution in [0.15, 0.2) is 92.1 Å². The van der Waals surface area contributed by atoms with Crippen molar-refractivity contribution in [2.24, 2.45) is 10.9 Å². The lowest BCUT2D eigenvalue weighted by atomic mass is 9.91. The molecule has 2 aromatic carbocycles. The third kappa shape index (κ3) is 6.94. The summed E-state index contributed by atoms with van der Waals surface area (Å²) in [6.45, 7) is 17.9. The third-order valence-corrected chi connectivity index (χ3v) is 14.6. The van der Waals surface area contributed by atoms with E-state index in [1.54, 1.807) is 74.3 Å². The first-order valence-electron chi connectivity index (χ1n) is 21.3. The number of aromatic amines is 1. The highest BCUT2D eigenvalue weighted by Crippen LogP contribution is 2.56. The molecule has 15 nitrogen and oxygen atoms in total. The average molecular weight is 876 g/mol. The van der Waals surface area contributed by atoms with Crippen LogP contribution in [0.4, 0.5) is 4.39 Å². The molecule has 1 saturated heterocycles. The Morgan fingerprint density at radius 1 is 1.08 bits per heavy atom. The van der Waals surface area contributed by atoms with Crippen LogP contribution in [0.1, 0.15) is 96.3 Å². The van der Waals surface area contributed by atoms with Crippen molar-refractivity contribution in [1.82, 2.24) is 38.5 Å². The number of imidazole rings is 1. The molecular formula is C46H51FN9O6P. The summed E-state index contributed by atoms with van der Waals surface area (Å²) in [6.07, 6.45) is 9.04. The van der Waals surface area contributed by atoms with Crippen LogP contribution in [0, 0.1) is 25.6 Å². The molecule has 6 aromatic rings. The number of nitrogens with zero attached hydrogens (tertiary/aromatic N) is 8. The van der Waals surface area contributed by atoms with E-state index in [-0.39, 0.29) is 23.5 Å². The predicted molar refractivity (Wildman–Crippen MR) is 239 cm³/mol. The predicted octanol–water partition coefficient (Wildman–Crippen LogP) is 7.57. The van der Waals surface area contributed by atoms with Crippen LogP contribution in [0.2, 0.25) is 0 Å². The maximum absolute atomic E-state index is 15.5. The molecule has 63 heavy (non-hydrogen) atoms. The minimum Gasteiger partial charge on any atom is -0.381 e. The topological polar surface area (TPSA) is 168 Å². The number of ether oxygens (including phenoxy) is 1. The second-order valence-corrected chi connectivity index (χ2v) is 20.6. The molecule has 2 fully saturated rings. The van der Waals surface area contributed by atoms with Crippen molar-refractivity contribution < 1.29 is 23.0 Å². The highest BCUT2D eigenvalue weighted by atomic mass is 31.2. The van der Waals surface area contributed by atoms with E-state index in [9.17, 15) is 14.2 Å². The minimum absolute atomic E-state index is 0.0128. The number of aromatic nitrogens is 7. The summed E-state index contributed by atoms with van der Waals surface area (Å²) in [4.78, 5) is 51.7. The first-order valence-corrected chi connectivity index (χ1v) is 23.9. The van der Waals surface area contributed by atoms with Crippen molar-refractivity contribution in [1.29, 1.82) is 0 Å². The molecule has 0 spiro atoms. The number of allylic oxidation sites excluding steroid dienone is 2. The first kappa shape index (κ1) is 42.2. The number of hydrogen-bond acceptors (Lipinski definition) is 9. The standard InChI is InChI=1S/C46H51FN9O6P/c1-9-37(48-38(10-2)63(7,8)60)53-17-18-54(45(53)59)41-39-29(6)52(16-13-34(39)50-56(41)33-21-26(3)40(47)27(4)22-33)42(57)36-24-32-23-31(30-14-19-61-20-15-30)11-12-35(32)55(36)46(25-28(46)5)43-49-44(58)62-51-43/h9-12,17-18,21-24,28-30H,1,13-16,19-20,25H2,2-8H3,(H,49,51,58)/b38-10+,48-37?. The van der Waals surface area contributed by atoms with Gasteiger partial charge in [0.25, 0.3) is 5.91 Å². The molecule has 6 heterocycles. The largest absolute Gasteiger partial charge is 0.438 e. The molecule has 2 aliphatic heterocycles. The highest BCUT2D eigenvalue weighted by Gasteiger charge is 2.59. The summed E-state index contributed by atoms with van der Waals surface area (Å²) >= 11 is 0. The van der Waals surface area contributed by atoms with Crippen LogP contribution >= 0.6 is 7.14 Å². The normalized spacial score (nSPS) is 21.0. The van der Waals surface area contributed by atoms with Gasteiger partial charge in [-0.3, -0.25) is 23.4 Å². The summed E-state index contributed by atoms with van der Waals surface area (Å²) in [5.74, 6) is -0.00163. The molecule has 328 valence electrons. The van der Waals surface area contributed by atoms with E-state index in [0.717, 1.165) is 23.7 Å². The summed E-state index contributed by atoms with van der Waals surface area (Å²) in [6, 6.07) is 11.0. The van der Waals surface area contributed by atoms with Crippen molar-refractivity contribution >= 4 is 29.8 Å². The number of H-pyrrole nitrogens is 1. The Labute approximate surface area is 362 Å². The lowest BCUT2D eigenvalue weighted by Gasteiger charge is -2.34.